The summed E-state index contributed by atoms with van der Waals surface area (Å²) in [6.07, 6.45) is -0.557. The second kappa shape index (κ2) is 6.65. The average Bonchev–Trinajstić information content (AvgIpc) is 2.46. The smallest absolute Gasteiger partial charge is 0.265 e. The lowest BCUT2D eigenvalue weighted by Crippen LogP contribution is -2.31. The zero-order chi connectivity index (χ0) is 16.3. The third-order valence-electron chi connectivity index (χ3n) is 3.80. The monoisotopic (exact) mass is 297 g/mol. The number of carbonyl (C=O) groups is 1. The fraction of sp³-hybridized carbons (Fsp3) is 0.316. The molecule has 1 unspecified atom stereocenters. The summed E-state index contributed by atoms with van der Waals surface area (Å²) in [4.78, 5) is 12.4. The third-order valence-corrected chi connectivity index (χ3v) is 3.80. The van der Waals surface area contributed by atoms with Crippen LogP contribution in [0.15, 0.2) is 36.4 Å². The normalized spacial score (nSPS) is 11.9. The number of nitrogens with one attached hydrogen (secondary N) is 1. The molecule has 0 radical (unpaired) electrons. The van der Waals surface area contributed by atoms with Crippen LogP contribution < -0.4 is 10.1 Å². The number of hydrogen-bond acceptors (Lipinski definition) is 2. The van der Waals surface area contributed by atoms with Gasteiger partial charge in [0.15, 0.2) is 6.10 Å². The maximum Gasteiger partial charge on any atom is 0.265 e. The number of rotatable bonds is 4. The summed E-state index contributed by atoms with van der Waals surface area (Å²) in [5.74, 6) is 0.645. The van der Waals surface area contributed by atoms with Gasteiger partial charge < -0.3 is 10.1 Å². The van der Waals surface area contributed by atoms with Gasteiger partial charge in [-0.3, -0.25) is 4.79 Å². The molecular weight excluding hydrogens is 274 g/mol. The van der Waals surface area contributed by atoms with Crippen molar-refractivity contribution in [3.8, 4) is 5.75 Å². The topological polar surface area (TPSA) is 38.3 Å². The van der Waals surface area contributed by atoms with E-state index < -0.39 is 6.10 Å². The summed E-state index contributed by atoms with van der Waals surface area (Å²) in [7, 11) is 0. The van der Waals surface area contributed by atoms with E-state index >= 15 is 0 Å². The molecule has 0 aliphatic heterocycles. The van der Waals surface area contributed by atoms with Crippen molar-refractivity contribution in [2.75, 3.05) is 5.32 Å². The van der Waals surface area contributed by atoms with Gasteiger partial charge in [-0.15, -0.1) is 0 Å². The van der Waals surface area contributed by atoms with E-state index in [9.17, 15) is 4.79 Å². The number of para-hydroxylation sites is 2. The van der Waals surface area contributed by atoms with Crippen molar-refractivity contribution >= 4 is 11.6 Å². The highest BCUT2D eigenvalue weighted by atomic mass is 16.5. The molecule has 1 atom stereocenters. The molecule has 0 saturated heterocycles. The summed E-state index contributed by atoms with van der Waals surface area (Å²) in [6.45, 7) is 9.71. The van der Waals surface area contributed by atoms with Gasteiger partial charge >= 0.3 is 0 Å². The lowest BCUT2D eigenvalue weighted by atomic mass is 10.1. The van der Waals surface area contributed by atoms with Crippen LogP contribution in [0.25, 0.3) is 0 Å². The van der Waals surface area contributed by atoms with Crippen molar-refractivity contribution in [2.24, 2.45) is 0 Å². The number of anilines is 1. The Hall–Kier alpha value is -2.29. The molecule has 0 bridgehead atoms. The van der Waals surface area contributed by atoms with Crippen LogP contribution >= 0.6 is 0 Å². The summed E-state index contributed by atoms with van der Waals surface area (Å²) in [5, 5.41) is 2.97. The van der Waals surface area contributed by atoms with Crippen molar-refractivity contribution in [3.63, 3.8) is 0 Å². The minimum absolute atomic E-state index is 0.139. The Bertz CT molecular complexity index is 651. The first-order valence-electron chi connectivity index (χ1n) is 7.50. The summed E-state index contributed by atoms with van der Waals surface area (Å²) in [6, 6.07) is 11.9. The molecule has 2 aromatic rings. The maximum atomic E-state index is 12.4. The van der Waals surface area contributed by atoms with E-state index in [1.807, 2.05) is 64.1 Å². The van der Waals surface area contributed by atoms with Gasteiger partial charge in [-0.05, 0) is 56.9 Å². The lowest BCUT2D eigenvalue weighted by molar-refractivity contribution is -0.122. The van der Waals surface area contributed by atoms with Crippen LogP contribution in [0.5, 0.6) is 5.75 Å². The van der Waals surface area contributed by atoms with E-state index in [0.717, 1.165) is 33.7 Å². The lowest BCUT2D eigenvalue weighted by Gasteiger charge is -2.19. The van der Waals surface area contributed by atoms with Crippen molar-refractivity contribution in [2.45, 2.75) is 40.7 Å². The molecule has 0 aliphatic rings. The molecule has 0 aliphatic carbocycles. The van der Waals surface area contributed by atoms with Crippen LogP contribution in [0.4, 0.5) is 5.69 Å². The molecule has 0 spiro atoms. The predicted molar refractivity (Wildman–Crippen MR) is 90.6 cm³/mol. The van der Waals surface area contributed by atoms with E-state index in [4.69, 9.17) is 4.74 Å². The average molecular weight is 297 g/mol. The van der Waals surface area contributed by atoms with E-state index in [2.05, 4.69) is 5.32 Å². The highest BCUT2D eigenvalue weighted by Gasteiger charge is 2.18. The molecule has 3 heteroatoms. The van der Waals surface area contributed by atoms with Gasteiger partial charge in [-0.2, -0.15) is 0 Å². The summed E-state index contributed by atoms with van der Waals surface area (Å²) >= 11 is 0. The number of ether oxygens (including phenoxy) is 1. The van der Waals surface area contributed by atoms with Crippen molar-refractivity contribution in [1.29, 1.82) is 0 Å². The molecule has 0 saturated carbocycles. The quantitative estimate of drug-likeness (QED) is 0.912. The Morgan fingerprint density at radius 3 is 1.86 bits per heavy atom. The van der Waals surface area contributed by atoms with Crippen LogP contribution in [0.1, 0.15) is 29.2 Å². The first-order chi connectivity index (χ1) is 10.4. The standard InChI is InChI=1S/C19H23NO2/c1-12-8-6-9-13(2)17(12)20-19(21)16(5)22-18-14(3)10-7-11-15(18)4/h6-11,16H,1-5H3,(H,20,21). The highest BCUT2D eigenvalue weighted by molar-refractivity contribution is 5.95. The summed E-state index contributed by atoms with van der Waals surface area (Å²) < 4.78 is 5.88. The van der Waals surface area contributed by atoms with Crippen LogP contribution in [0, 0.1) is 27.7 Å². The fourth-order valence-electron chi connectivity index (χ4n) is 2.45. The molecule has 0 aromatic heterocycles. The number of hydrogen-bond donors (Lipinski definition) is 1. The van der Waals surface area contributed by atoms with Crippen molar-refractivity contribution in [1.82, 2.24) is 0 Å². The Morgan fingerprint density at radius 2 is 1.36 bits per heavy atom. The summed E-state index contributed by atoms with van der Waals surface area (Å²) in [5.41, 5.74) is 5.03. The minimum atomic E-state index is -0.557. The molecule has 116 valence electrons. The molecule has 22 heavy (non-hydrogen) atoms. The van der Waals surface area contributed by atoms with Crippen LogP contribution in [0.2, 0.25) is 0 Å². The predicted octanol–water partition coefficient (Wildman–Crippen LogP) is 4.33. The molecular formula is C19H23NO2. The molecule has 1 N–H and O–H groups in total. The first-order valence-corrected chi connectivity index (χ1v) is 7.50. The Morgan fingerprint density at radius 1 is 0.909 bits per heavy atom. The molecule has 3 nitrogen and oxygen atoms in total. The van der Waals surface area contributed by atoms with Crippen LogP contribution in [0.3, 0.4) is 0 Å². The van der Waals surface area contributed by atoms with Gasteiger partial charge in [0.05, 0.1) is 0 Å². The van der Waals surface area contributed by atoms with Gasteiger partial charge in [0.25, 0.3) is 5.91 Å². The van der Waals surface area contributed by atoms with E-state index in [-0.39, 0.29) is 5.91 Å². The number of carbonyl (C=O) groups excluding carboxylic acids is 1. The largest absolute Gasteiger partial charge is 0.480 e. The van der Waals surface area contributed by atoms with Crippen LogP contribution in [-0.4, -0.2) is 12.0 Å². The molecule has 0 fully saturated rings. The highest BCUT2D eigenvalue weighted by Crippen LogP contribution is 2.24. The van der Waals surface area contributed by atoms with Crippen molar-refractivity contribution < 1.29 is 9.53 Å². The zero-order valence-electron chi connectivity index (χ0n) is 13.9. The van der Waals surface area contributed by atoms with Gasteiger partial charge in [-0.25, -0.2) is 0 Å². The molecule has 0 heterocycles. The maximum absolute atomic E-state index is 12.4. The Balaban J connectivity index is 2.13. The Labute approximate surface area is 132 Å². The van der Waals surface area contributed by atoms with Crippen molar-refractivity contribution in [3.05, 3.63) is 58.7 Å². The minimum Gasteiger partial charge on any atom is -0.480 e. The van der Waals surface area contributed by atoms with Gasteiger partial charge in [-0.1, -0.05) is 36.4 Å². The van der Waals surface area contributed by atoms with E-state index in [1.54, 1.807) is 6.92 Å². The van der Waals surface area contributed by atoms with E-state index in [0.29, 0.717) is 0 Å². The third kappa shape index (κ3) is 3.48. The molecule has 2 rings (SSSR count). The number of benzene rings is 2. The SMILES string of the molecule is Cc1cccc(C)c1NC(=O)C(C)Oc1c(C)cccc1C. The van der Waals surface area contributed by atoms with Crippen LogP contribution in [-0.2, 0) is 4.79 Å². The zero-order valence-corrected chi connectivity index (χ0v) is 13.9. The second-order valence-electron chi connectivity index (χ2n) is 5.74. The second-order valence-corrected chi connectivity index (χ2v) is 5.74. The first kappa shape index (κ1) is 16.1. The molecule has 1 amide bonds. The Kier molecular flexibility index (Phi) is 4.86. The molecule has 2 aromatic carbocycles. The van der Waals surface area contributed by atoms with Gasteiger partial charge in [0.1, 0.15) is 5.75 Å². The van der Waals surface area contributed by atoms with Gasteiger partial charge in [0.2, 0.25) is 0 Å². The van der Waals surface area contributed by atoms with E-state index in [1.165, 1.54) is 0 Å². The number of aryl methyl sites for hydroxylation is 4. The van der Waals surface area contributed by atoms with Gasteiger partial charge in [0, 0.05) is 5.69 Å². The fourth-order valence-corrected chi connectivity index (χ4v) is 2.45. The number of amides is 1.